The van der Waals surface area contributed by atoms with Gasteiger partial charge in [0.05, 0.1) is 0 Å². The third-order valence-electron chi connectivity index (χ3n) is 5.31. The van der Waals surface area contributed by atoms with Crippen molar-refractivity contribution in [2.24, 2.45) is 11.3 Å². The number of nitrogens with zero attached hydrogens (tertiary/aromatic N) is 1. The topological polar surface area (TPSA) is 32.3 Å². The van der Waals surface area contributed by atoms with E-state index < -0.39 is 0 Å². The van der Waals surface area contributed by atoms with E-state index in [4.69, 9.17) is 0 Å². The summed E-state index contributed by atoms with van der Waals surface area (Å²) in [6.07, 6.45) is 8.19. The molecule has 0 bridgehead atoms. The second-order valence-electron chi connectivity index (χ2n) is 7.16. The lowest BCUT2D eigenvalue weighted by molar-refractivity contribution is -0.144. The minimum Gasteiger partial charge on any atom is -0.342 e. The normalized spacial score (nSPS) is 26.2. The monoisotopic (exact) mass is 280 g/mol. The average molecular weight is 280 g/mol. The van der Waals surface area contributed by atoms with E-state index in [1.807, 2.05) is 0 Å². The average Bonchev–Trinajstić information content (AvgIpc) is 2.94. The van der Waals surface area contributed by atoms with Crippen LogP contribution in [0, 0.1) is 11.3 Å². The molecule has 0 spiro atoms. The fraction of sp³-hybridized carbons (Fsp3) is 0.941. The second-order valence-corrected chi connectivity index (χ2v) is 7.16. The summed E-state index contributed by atoms with van der Waals surface area (Å²) < 4.78 is 0. The number of piperidine rings is 1. The third kappa shape index (κ3) is 3.55. The van der Waals surface area contributed by atoms with Gasteiger partial charge in [0.15, 0.2) is 0 Å². The first-order valence-corrected chi connectivity index (χ1v) is 8.60. The zero-order valence-corrected chi connectivity index (χ0v) is 13.6. The predicted octanol–water partition coefficient (Wildman–Crippen LogP) is 3.19. The Morgan fingerprint density at radius 3 is 2.60 bits per heavy atom. The highest BCUT2D eigenvalue weighted by Gasteiger charge is 2.42. The van der Waals surface area contributed by atoms with E-state index in [0.29, 0.717) is 17.9 Å². The minimum atomic E-state index is -0.00658. The fourth-order valence-corrected chi connectivity index (χ4v) is 3.92. The van der Waals surface area contributed by atoms with Crippen LogP contribution < -0.4 is 5.32 Å². The summed E-state index contributed by atoms with van der Waals surface area (Å²) in [5.41, 5.74) is -0.00658. The van der Waals surface area contributed by atoms with Gasteiger partial charge in [-0.2, -0.15) is 0 Å². The number of carbonyl (C=O) groups is 1. The molecule has 0 aromatic heterocycles. The van der Waals surface area contributed by atoms with Gasteiger partial charge in [0.2, 0.25) is 5.91 Å². The lowest BCUT2D eigenvalue weighted by Crippen LogP contribution is -2.49. The van der Waals surface area contributed by atoms with E-state index in [-0.39, 0.29) is 5.41 Å². The number of hydrogen-bond acceptors (Lipinski definition) is 2. The zero-order chi connectivity index (χ0) is 14.6. The quantitative estimate of drug-likeness (QED) is 0.839. The number of likely N-dealkylation sites (tertiary alicyclic amines) is 1. The minimum absolute atomic E-state index is 0.00658. The molecule has 1 aliphatic carbocycles. The maximum atomic E-state index is 12.9. The second kappa shape index (κ2) is 6.93. The molecule has 1 aliphatic heterocycles. The van der Waals surface area contributed by atoms with Crippen molar-refractivity contribution >= 4 is 5.91 Å². The first-order valence-electron chi connectivity index (χ1n) is 8.60. The molecule has 116 valence electrons. The molecular weight excluding hydrogens is 248 g/mol. The lowest BCUT2D eigenvalue weighted by atomic mass is 9.81. The molecular formula is C17H32N2O. The summed E-state index contributed by atoms with van der Waals surface area (Å²) in [5.74, 6) is 1.11. The van der Waals surface area contributed by atoms with Crippen molar-refractivity contribution in [1.29, 1.82) is 0 Å². The Labute approximate surface area is 124 Å². The highest BCUT2D eigenvalue weighted by molar-refractivity contribution is 5.83. The smallest absolute Gasteiger partial charge is 0.228 e. The van der Waals surface area contributed by atoms with Crippen molar-refractivity contribution in [2.75, 3.05) is 19.6 Å². The molecule has 0 aromatic rings. The van der Waals surface area contributed by atoms with Crippen LogP contribution in [0.1, 0.15) is 65.7 Å². The molecule has 0 radical (unpaired) electrons. The number of rotatable bonds is 5. The summed E-state index contributed by atoms with van der Waals surface area (Å²) >= 11 is 0. The summed E-state index contributed by atoms with van der Waals surface area (Å²) in [4.78, 5) is 15.1. The molecule has 1 heterocycles. The van der Waals surface area contributed by atoms with E-state index in [1.165, 1.54) is 25.7 Å². The number of hydrogen-bond donors (Lipinski definition) is 1. The van der Waals surface area contributed by atoms with Crippen molar-refractivity contribution in [2.45, 2.75) is 71.8 Å². The van der Waals surface area contributed by atoms with Crippen LogP contribution in [0.5, 0.6) is 0 Å². The highest BCUT2D eigenvalue weighted by atomic mass is 16.2. The van der Waals surface area contributed by atoms with Gasteiger partial charge in [-0.05, 0) is 44.6 Å². The third-order valence-corrected chi connectivity index (χ3v) is 5.31. The number of amides is 1. The van der Waals surface area contributed by atoms with E-state index in [1.54, 1.807) is 0 Å². The molecule has 2 aliphatic rings. The van der Waals surface area contributed by atoms with Crippen molar-refractivity contribution in [3.8, 4) is 0 Å². The predicted molar refractivity (Wildman–Crippen MR) is 83.6 cm³/mol. The fourth-order valence-electron chi connectivity index (χ4n) is 3.92. The van der Waals surface area contributed by atoms with Crippen molar-refractivity contribution in [1.82, 2.24) is 10.2 Å². The molecule has 20 heavy (non-hydrogen) atoms. The Morgan fingerprint density at radius 1 is 1.30 bits per heavy atom. The largest absolute Gasteiger partial charge is 0.342 e. The first kappa shape index (κ1) is 15.8. The van der Waals surface area contributed by atoms with Gasteiger partial charge in [0.25, 0.3) is 0 Å². The Kier molecular flexibility index (Phi) is 5.48. The van der Waals surface area contributed by atoms with Gasteiger partial charge in [0.1, 0.15) is 0 Å². The molecule has 1 atom stereocenters. The van der Waals surface area contributed by atoms with Crippen LogP contribution in [-0.2, 0) is 4.79 Å². The van der Waals surface area contributed by atoms with Gasteiger partial charge in [-0.25, -0.2) is 0 Å². The Morgan fingerprint density at radius 2 is 2.00 bits per heavy atom. The summed E-state index contributed by atoms with van der Waals surface area (Å²) in [7, 11) is 0. The van der Waals surface area contributed by atoms with Gasteiger partial charge < -0.3 is 10.2 Å². The van der Waals surface area contributed by atoms with E-state index >= 15 is 0 Å². The van der Waals surface area contributed by atoms with Crippen molar-refractivity contribution in [3.63, 3.8) is 0 Å². The Balaban J connectivity index is 1.92. The Bertz CT molecular complexity index is 321. The van der Waals surface area contributed by atoms with Gasteiger partial charge in [-0.1, -0.05) is 33.6 Å². The zero-order valence-electron chi connectivity index (χ0n) is 13.6. The van der Waals surface area contributed by atoms with E-state index in [0.717, 1.165) is 38.9 Å². The molecule has 1 amide bonds. The molecule has 1 N–H and O–H groups in total. The number of nitrogens with one attached hydrogen (secondary N) is 1. The van der Waals surface area contributed by atoms with Crippen LogP contribution in [0.25, 0.3) is 0 Å². The first-order chi connectivity index (χ1) is 9.57. The SMILES string of the molecule is CCC1(C(=O)N2CCCC(CNC(C)C)C2)CCCC1. The van der Waals surface area contributed by atoms with E-state index in [9.17, 15) is 4.79 Å². The van der Waals surface area contributed by atoms with Gasteiger partial charge >= 0.3 is 0 Å². The van der Waals surface area contributed by atoms with Crippen LogP contribution >= 0.6 is 0 Å². The highest BCUT2D eigenvalue weighted by Crippen LogP contribution is 2.43. The summed E-state index contributed by atoms with van der Waals surface area (Å²) in [5, 5.41) is 3.53. The van der Waals surface area contributed by atoms with Crippen molar-refractivity contribution < 1.29 is 4.79 Å². The molecule has 1 unspecified atom stereocenters. The maximum Gasteiger partial charge on any atom is 0.228 e. The lowest BCUT2D eigenvalue weighted by Gasteiger charge is -2.39. The summed E-state index contributed by atoms with van der Waals surface area (Å²) in [6, 6.07) is 0.540. The van der Waals surface area contributed by atoms with Crippen LogP contribution in [-0.4, -0.2) is 36.5 Å². The van der Waals surface area contributed by atoms with Crippen LogP contribution in [0.4, 0.5) is 0 Å². The molecule has 3 nitrogen and oxygen atoms in total. The Hall–Kier alpha value is -0.570. The molecule has 2 fully saturated rings. The van der Waals surface area contributed by atoms with Crippen LogP contribution in [0.2, 0.25) is 0 Å². The molecule has 0 aromatic carbocycles. The van der Waals surface area contributed by atoms with Gasteiger partial charge in [-0.15, -0.1) is 0 Å². The molecule has 2 rings (SSSR count). The van der Waals surface area contributed by atoms with Crippen molar-refractivity contribution in [3.05, 3.63) is 0 Å². The van der Waals surface area contributed by atoms with E-state index in [2.05, 4.69) is 31.0 Å². The van der Waals surface area contributed by atoms with Crippen LogP contribution in [0.15, 0.2) is 0 Å². The van der Waals surface area contributed by atoms with Gasteiger partial charge in [0, 0.05) is 24.5 Å². The molecule has 1 saturated carbocycles. The van der Waals surface area contributed by atoms with Crippen LogP contribution in [0.3, 0.4) is 0 Å². The molecule has 1 saturated heterocycles. The summed E-state index contributed by atoms with van der Waals surface area (Å²) in [6.45, 7) is 9.59. The number of carbonyl (C=O) groups excluding carboxylic acids is 1. The maximum absolute atomic E-state index is 12.9. The molecule has 3 heteroatoms. The van der Waals surface area contributed by atoms with Gasteiger partial charge in [-0.3, -0.25) is 4.79 Å². The standard InChI is InChI=1S/C17H32N2O/c1-4-17(9-5-6-10-17)16(20)19-11-7-8-15(13-19)12-18-14(2)3/h14-15,18H,4-13H2,1-3H3.